The van der Waals surface area contributed by atoms with E-state index in [1.54, 1.807) is 36.5 Å². The molecule has 0 unspecified atom stereocenters. The highest BCUT2D eigenvalue weighted by molar-refractivity contribution is 6.35. The van der Waals surface area contributed by atoms with Crippen LogP contribution in [0, 0.1) is 11.3 Å². The van der Waals surface area contributed by atoms with Gasteiger partial charge in [0.15, 0.2) is 0 Å². The Morgan fingerprint density at radius 1 is 1.17 bits per heavy atom. The van der Waals surface area contributed by atoms with Crippen molar-refractivity contribution in [3.8, 4) is 11.9 Å². The summed E-state index contributed by atoms with van der Waals surface area (Å²) in [5.41, 5.74) is 1.05. The fourth-order valence-corrected chi connectivity index (χ4v) is 1.91. The number of hydrogen-bond donors (Lipinski definition) is 0. The zero-order chi connectivity index (χ0) is 13.0. The average molecular weight is 279 g/mol. The summed E-state index contributed by atoms with van der Waals surface area (Å²) in [7, 11) is 0. The van der Waals surface area contributed by atoms with Crippen LogP contribution >= 0.6 is 23.2 Å². The summed E-state index contributed by atoms with van der Waals surface area (Å²) in [5, 5.41) is 9.95. The van der Waals surface area contributed by atoms with Crippen molar-refractivity contribution in [1.29, 1.82) is 5.26 Å². The summed E-state index contributed by atoms with van der Waals surface area (Å²) in [4.78, 5) is 3.99. The molecule has 2 rings (SSSR count). The maximum absolute atomic E-state index is 8.90. The van der Waals surface area contributed by atoms with Crippen molar-refractivity contribution in [3.63, 3.8) is 0 Å². The molecule has 3 nitrogen and oxygen atoms in total. The van der Waals surface area contributed by atoms with Crippen molar-refractivity contribution < 1.29 is 4.74 Å². The molecule has 0 saturated carbocycles. The van der Waals surface area contributed by atoms with E-state index in [1.165, 1.54) is 0 Å². The smallest absolute Gasteiger partial charge is 0.231 e. The number of aromatic nitrogens is 1. The Morgan fingerprint density at radius 3 is 2.56 bits per heavy atom. The van der Waals surface area contributed by atoms with E-state index in [1.807, 2.05) is 6.07 Å². The van der Waals surface area contributed by atoms with Gasteiger partial charge in [-0.15, -0.1) is 0 Å². The quantitative estimate of drug-likeness (QED) is 0.857. The molecule has 0 radical (unpaired) electrons. The van der Waals surface area contributed by atoms with Gasteiger partial charge in [-0.25, -0.2) is 4.98 Å². The Kier molecular flexibility index (Phi) is 4.03. The van der Waals surface area contributed by atoms with Crippen LogP contribution < -0.4 is 4.74 Å². The first-order valence-corrected chi connectivity index (χ1v) is 5.89. The molecule has 0 saturated heterocycles. The standard InChI is InChI=1S/C13H8Cl2N2O/c14-11-4-1-5-12(15)10(11)8-18-13-9(7-16)3-2-6-17-13/h1-6H,8H2. The first-order chi connectivity index (χ1) is 8.72. The molecule has 18 heavy (non-hydrogen) atoms. The number of pyridine rings is 1. The predicted molar refractivity (Wildman–Crippen MR) is 69.7 cm³/mol. The number of benzene rings is 1. The lowest BCUT2D eigenvalue weighted by Crippen LogP contribution is -2.00. The van der Waals surface area contributed by atoms with E-state index in [0.29, 0.717) is 21.2 Å². The van der Waals surface area contributed by atoms with Crippen LogP contribution in [0.5, 0.6) is 5.88 Å². The Labute approximate surface area is 115 Å². The third kappa shape index (κ3) is 2.73. The van der Waals surface area contributed by atoms with E-state index >= 15 is 0 Å². The van der Waals surface area contributed by atoms with E-state index < -0.39 is 0 Å². The highest BCUT2D eigenvalue weighted by Crippen LogP contribution is 2.26. The summed E-state index contributed by atoms with van der Waals surface area (Å²) in [5.74, 6) is 0.274. The molecule has 0 bridgehead atoms. The minimum atomic E-state index is 0.171. The number of nitrogens with zero attached hydrogens (tertiary/aromatic N) is 2. The molecule has 0 atom stereocenters. The van der Waals surface area contributed by atoms with E-state index in [9.17, 15) is 0 Å². The summed E-state index contributed by atoms with van der Waals surface area (Å²) in [6.45, 7) is 0.171. The zero-order valence-electron chi connectivity index (χ0n) is 9.23. The second kappa shape index (κ2) is 5.72. The van der Waals surface area contributed by atoms with Crippen LogP contribution in [0.25, 0.3) is 0 Å². The summed E-state index contributed by atoms with van der Waals surface area (Å²) in [6.07, 6.45) is 1.56. The van der Waals surface area contributed by atoms with Gasteiger partial charge >= 0.3 is 0 Å². The van der Waals surface area contributed by atoms with Gasteiger partial charge in [-0.3, -0.25) is 0 Å². The van der Waals surface area contributed by atoms with Crippen LogP contribution in [-0.2, 0) is 6.61 Å². The molecule has 5 heteroatoms. The van der Waals surface area contributed by atoms with Gasteiger partial charge in [0.1, 0.15) is 18.2 Å². The van der Waals surface area contributed by atoms with Crippen LogP contribution in [0.3, 0.4) is 0 Å². The van der Waals surface area contributed by atoms with Gasteiger partial charge in [-0.05, 0) is 24.3 Å². The van der Waals surface area contributed by atoms with Crippen molar-refractivity contribution in [1.82, 2.24) is 4.98 Å². The van der Waals surface area contributed by atoms with Gasteiger partial charge in [-0.1, -0.05) is 29.3 Å². The lowest BCUT2D eigenvalue weighted by atomic mass is 10.2. The summed E-state index contributed by atoms with van der Waals surface area (Å²) >= 11 is 12.0. The maximum Gasteiger partial charge on any atom is 0.231 e. The van der Waals surface area contributed by atoms with Crippen molar-refractivity contribution in [3.05, 3.63) is 57.7 Å². The SMILES string of the molecule is N#Cc1cccnc1OCc1c(Cl)cccc1Cl. The maximum atomic E-state index is 8.90. The summed E-state index contributed by atoms with van der Waals surface area (Å²) < 4.78 is 5.47. The van der Waals surface area contributed by atoms with Gasteiger partial charge in [-0.2, -0.15) is 5.26 Å². The number of hydrogen-bond acceptors (Lipinski definition) is 3. The van der Waals surface area contributed by atoms with E-state index in [4.69, 9.17) is 33.2 Å². The molecular formula is C13H8Cl2N2O. The molecule has 0 aliphatic carbocycles. The molecule has 0 aliphatic rings. The second-order valence-corrected chi connectivity index (χ2v) is 4.27. The van der Waals surface area contributed by atoms with Crippen molar-refractivity contribution in [2.24, 2.45) is 0 Å². The Balaban J connectivity index is 2.20. The van der Waals surface area contributed by atoms with Gasteiger partial charge < -0.3 is 4.74 Å². The lowest BCUT2D eigenvalue weighted by Gasteiger charge is -2.09. The van der Waals surface area contributed by atoms with Crippen molar-refractivity contribution >= 4 is 23.2 Å². The van der Waals surface area contributed by atoms with Crippen molar-refractivity contribution in [2.45, 2.75) is 6.61 Å². The Bertz CT molecular complexity index is 588. The zero-order valence-corrected chi connectivity index (χ0v) is 10.7. The monoisotopic (exact) mass is 278 g/mol. The minimum Gasteiger partial charge on any atom is -0.472 e. The van der Waals surface area contributed by atoms with Gasteiger partial charge in [0.05, 0.1) is 0 Å². The molecule has 0 fully saturated rings. The highest BCUT2D eigenvalue weighted by Gasteiger charge is 2.08. The van der Waals surface area contributed by atoms with Crippen molar-refractivity contribution in [2.75, 3.05) is 0 Å². The van der Waals surface area contributed by atoms with Gasteiger partial charge in [0.25, 0.3) is 0 Å². The van der Waals surface area contributed by atoms with E-state index in [0.717, 1.165) is 0 Å². The molecule has 2 aromatic rings. The summed E-state index contributed by atoms with van der Waals surface area (Å²) in [6, 6.07) is 10.5. The second-order valence-electron chi connectivity index (χ2n) is 3.46. The van der Waals surface area contributed by atoms with Gasteiger partial charge in [0.2, 0.25) is 5.88 Å². The number of ether oxygens (including phenoxy) is 1. The topological polar surface area (TPSA) is 45.9 Å². The Hall–Kier alpha value is -1.76. The third-order valence-corrected chi connectivity index (χ3v) is 3.01. The normalized spacial score (nSPS) is 9.83. The molecule has 0 amide bonds. The molecule has 1 heterocycles. The fourth-order valence-electron chi connectivity index (χ4n) is 1.40. The molecule has 0 N–H and O–H groups in total. The van der Waals surface area contributed by atoms with Crippen LogP contribution in [0.2, 0.25) is 10.0 Å². The van der Waals surface area contributed by atoms with Crippen LogP contribution in [0.1, 0.15) is 11.1 Å². The highest BCUT2D eigenvalue weighted by atomic mass is 35.5. The molecule has 1 aromatic heterocycles. The number of rotatable bonds is 3. The predicted octanol–water partition coefficient (Wildman–Crippen LogP) is 3.84. The largest absolute Gasteiger partial charge is 0.472 e. The molecule has 0 spiro atoms. The van der Waals surface area contributed by atoms with Crippen LogP contribution in [0.4, 0.5) is 0 Å². The molecule has 0 aliphatic heterocycles. The van der Waals surface area contributed by atoms with E-state index in [2.05, 4.69) is 4.98 Å². The lowest BCUT2D eigenvalue weighted by molar-refractivity contribution is 0.293. The number of halogens is 2. The first kappa shape index (κ1) is 12.7. The van der Waals surface area contributed by atoms with E-state index in [-0.39, 0.29) is 12.5 Å². The van der Waals surface area contributed by atoms with Gasteiger partial charge in [0, 0.05) is 21.8 Å². The minimum absolute atomic E-state index is 0.171. The average Bonchev–Trinajstić information content (AvgIpc) is 2.38. The first-order valence-electron chi connectivity index (χ1n) is 5.13. The van der Waals surface area contributed by atoms with Crippen LogP contribution in [-0.4, -0.2) is 4.98 Å². The third-order valence-electron chi connectivity index (χ3n) is 2.31. The number of nitriles is 1. The van der Waals surface area contributed by atoms with Crippen LogP contribution in [0.15, 0.2) is 36.5 Å². The molecule has 90 valence electrons. The Morgan fingerprint density at radius 2 is 1.89 bits per heavy atom. The fraction of sp³-hybridized carbons (Fsp3) is 0.0769. The molecule has 1 aromatic carbocycles. The molecular weight excluding hydrogens is 271 g/mol.